The van der Waals surface area contributed by atoms with Crippen LogP contribution < -0.4 is 0 Å². The van der Waals surface area contributed by atoms with E-state index in [9.17, 15) is 14.0 Å². The Hall–Kier alpha value is -1.56. The van der Waals surface area contributed by atoms with Crippen molar-refractivity contribution >= 4 is 23.7 Å². The first-order valence-corrected chi connectivity index (χ1v) is 7.16. The zero-order valence-corrected chi connectivity index (χ0v) is 12.4. The van der Waals surface area contributed by atoms with Crippen LogP contribution in [-0.4, -0.2) is 28.4 Å². The lowest BCUT2D eigenvalue weighted by atomic mass is 10.1. The molecular formula is C14H17FO4S. The van der Waals surface area contributed by atoms with Gasteiger partial charge in [-0.1, -0.05) is 6.07 Å². The lowest BCUT2D eigenvalue weighted by Crippen LogP contribution is -2.24. The van der Waals surface area contributed by atoms with Gasteiger partial charge in [0.15, 0.2) is 0 Å². The van der Waals surface area contributed by atoms with Gasteiger partial charge in [0.25, 0.3) is 0 Å². The predicted molar refractivity (Wildman–Crippen MR) is 75.4 cm³/mol. The molecule has 0 unspecified atom stereocenters. The van der Waals surface area contributed by atoms with Crippen molar-refractivity contribution in [2.75, 3.05) is 5.75 Å². The van der Waals surface area contributed by atoms with Crippen LogP contribution in [0.15, 0.2) is 18.2 Å². The van der Waals surface area contributed by atoms with Gasteiger partial charge in [0.05, 0.1) is 11.3 Å². The standard InChI is InChI=1S/C14H17FO4S/c1-14(2,3)19-12(16)8-20-7-9-4-5-10(13(17)18)11(15)6-9/h4-6H,7-8H2,1-3H3,(H,17,18). The Labute approximate surface area is 121 Å². The summed E-state index contributed by atoms with van der Waals surface area (Å²) >= 11 is 1.29. The molecule has 6 heteroatoms. The number of carbonyl (C=O) groups is 2. The number of aromatic carboxylic acids is 1. The Morgan fingerprint density at radius 1 is 1.35 bits per heavy atom. The molecule has 1 aromatic rings. The summed E-state index contributed by atoms with van der Waals surface area (Å²) in [5.41, 5.74) is -0.251. The Bertz CT molecular complexity index is 508. The summed E-state index contributed by atoms with van der Waals surface area (Å²) in [4.78, 5) is 22.1. The van der Waals surface area contributed by atoms with E-state index in [0.29, 0.717) is 11.3 Å². The molecule has 0 bridgehead atoms. The zero-order valence-electron chi connectivity index (χ0n) is 11.6. The minimum atomic E-state index is -1.30. The van der Waals surface area contributed by atoms with Crippen molar-refractivity contribution in [2.45, 2.75) is 32.1 Å². The number of hydrogen-bond acceptors (Lipinski definition) is 4. The van der Waals surface area contributed by atoms with E-state index in [0.717, 1.165) is 0 Å². The number of carboxylic acids is 1. The second-order valence-corrected chi connectivity index (χ2v) is 6.18. The van der Waals surface area contributed by atoms with Crippen molar-refractivity contribution in [1.82, 2.24) is 0 Å². The lowest BCUT2D eigenvalue weighted by Gasteiger charge is -2.19. The molecule has 110 valence electrons. The molecule has 0 saturated heterocycles. The fraction of sp³-hybridized carbons (Fsp3) is 0.429. The molecular weight excluding hydrogens is 283 g/mol. The van der Waals surface area contributed by atoms with Crippen molar-refractivity contribution in [3.8, 4) is 0 Å². The van der Waals surface area contributed by atoms with Gasteiger partial charge in [-0.2, -0.15) is 0 Å². The van der Waals surface area contributed by atoms with Crippen LogP contribution in [0.25, 0.3) is 0 Å². The second kappa shape index (κ2) is 6.74. The minimum absolute atomic E-state index is 0.166. The molecule has 0 amide bonds. The highest BCUT2D eigenvalue weighted by molar-refractivity contribution is 7.99. The molecule has 0 atom stereocenters. The van der Waals surface area contributed by atoms with E-state index in [1.54, 1.807) is 20.8 Å². The molecule has 1 rings (SSSR count). The molecule has 0 heterocycles. The first-order chi connectivity index (χ1) is 9.19. The average molecular weight is 300 g/mol. The van der Waals surface area contributed by atoms with Crippen LogP contribution in [-0.2, 0) is 15.3 Å². The third-order valence-electron chi connectivity index (χ3n) is 2.17. The molecule has 1 aromatic carbocycles. The Morgan fingerprint density at radius 3 is 2.50 bits per heavy atom. The van der Waals surface area contributed by atoms with E-state index < -0.39 is 17.4 Å². The number of ether oxygens (including phenoxy) is 1. The van der Waals surface area contributed by atoms with E-state index in [-0.39, 0.29) is 17.3 Å². The summed E-state index contributed by atoms with van der Waals surface area (Å²) in [7, 11) is 0. The number of benzene rings is 1. The highest BCUT2D eigenvalue weighted by Gasteiger charge is 2.16. The first kappa shape index (κ1) is 16.5. The number of thioether (sulfide) groups is 1. The van der Waals surface area contributed by atoms with Crippen LogP contribution in [0, 0.1) is 5.82 Å². The topological polar surface area (TPSA) is 63.6 Å². The summed E-state index contributed by atoms with van der Waals surface area (Å²) < 4.78 is 18.6. The van der Waals surface area contributed by atoms with Gasteiger partial charge in [-0.05, 0) is 38.5 Å². The summed E-state index contributed by atoms with van der Waals surface area (Å²) in [6.45, 7) is 5.36. The highest BCUT2D eigenvalue weighted by atomic mass is 32.2. The number of halogens is 1. The lowest BCUT2D eigenvalue weighted by molar-refractivity contribution is -0.151. The van der Waals surface area contributed by atoms with Gasteiger partial charge in [0.1, 0.15) is 11.4 Å². The van der Waals surface area contributed by atoms with Gasteiger partial charge in [-0.15, -0.1) is 11.8 Å². The fourth-order valence-electron chi connectivity index (χ4n) is 1.45. The molecule has 0 aromatic heterocycles. The van der Waals surface area contributed by atoms with E-state index in [2.05, 4.69) is 0 Å². The number of carbonyl (C=O) groups excluding carboxylic acids is 1. The Balaban J connectivity index is 2.49. The van der Waals surface area contributed by atoms with Crippen LogP contribution in [0.1, 0.15) is 36.7 Å². The van der Waals surface area contributed by atoms with E-state index >= 15 is 0 Å². The quantitative estimate of drug-likeness (QED) is 0.847. The summed E-state index contributed by atoms with van der Waals surface area (Å²) in [5.74, 6) is -1.82. The van der Waals surface area contributed by atoms with Crippen LogP contribution in [0.3, 0.4) is 0 Å². The number of rotatable bonds is 5. The molecule has 0 spiro atoms. The van der Waals surface area contributed by atoms with Crippen LogP contribution in [0.4, 0.5) is 4.39 Å². The minimum Gasteiger partial charge on any atom is -0.478 e. The molecule has 20 heavy (non-hydrogen) atoms. The third kappa shape index (κ3) is 5.61. The summed E-state index contributed by atoms with van der Waals surface area (Å²) in [5, 5.41) is 8.71. The number of esters is 1. The van der Waals surface area contributed by atoms with E-state index in [4.69, 9.17) is 9.84 Å². The largest absolute Gasteiger partial charge is 0.478 e. The third-order valence-corrected chi connectivity index (χ3v) is 3.15. The van der Waals surface area contributed by atoms with Gasteiger partial charge < -0.3 is 9.84 Å². The molecule has 0 radical (unpaired) electrons. The van der Waals surface area contributed by atoms with Crippen molar-refractivity contribution < 1.29 is 23.8 Å². The molecule has 4 nitrogen and oxygen atoms in total. The first-order valence-electron chi connectivity index (χ1n) is 6.00. The second-order valence-electron chi connectivity index (χ2n) is 5.20. The Morgan fingerprint density at radius 2 is 2.00 bits per heavy atom. The van der Waals surface area contributed by atoms with E-state index in [1.807, 2.05) is 0 Å². The number of hydrogen-bond donors (Lipinski definition) is 1. The molecule has 0 aliphatic rings. The van der Waals surface area contributed by atoms with E-state index in [1.165, 1.54) is 30.0 Å². The van der Waals surface area contributed by atoms with Crippen LogP contribution in [0.2, 0.25) is 0 Å². The number of carboxylic acid groups (broad SMARTS) is 1. The predicted octanol–water partition coefficient (Wildman–Crippen LogP) is 3.10. The molecule has 0 aliphatic heterocycles. The normalized spacial score (nSPS) is 11.2. The summed E-state index contributed by atoms with van der Waals surface area (Å²) in [6.07, 6.45) is 0. The fourth-order valence-corrected chi connectivity index (χ4v) is 2.19. The molecule has 0 aliphatic carbocycles. The van der Waals surface area contributed by atoms with Crippen molar-refractivity contribution in [2.24, 2.45) is 0 Å². The van der Waals surface area contributed by atoms with Gasteiger partial charge in [0.2, 0.25) is 0 Å². The molecule has 1 N–H and O–H groups in total. The van der Waals surface area contributed by atoms with Crippen molar-refractivity contribution in [3.05, 3.63) is 35.1 Å². The van der Waals surface area contributed by atoms with Gasteiger partial charge >= 0.3 is 11.9 Å². The highest BCUT2D eigenvalue weighted by Crippen LogP contribution is 2.17. The van der Waals surface area contributed by atoms with Crippen LogP contribution in [0.5, 0.6) is 0 Å². The zero-order chi connectivity index (χ0) is 15.3. The monoisotopic (exact) mass is 300 g/mol. The maximum absolute atomic E-state index is 13.4. The van der Waals surface area contributed by atoms with Gasteiger partial charge in [-0.25, -0.2) is 9.18 Å². The molecule has 0 fully saturated rings. The van der Waals surface area contributed by atoms with Crippen molar-refractivity contribution in [3.63, 3.8) is 0 Å². The SMILES string of the molecule is CC(C)(C)OC(=O)CSCc1ccc(C(=O)O)c(F)c1. The van der Waals surface area contributed by atoms with Crippen molar-refractivity contribution in [1.29, 1.82) is 0 Å². The van der Waals surface area contributed by atoms with Gasteiger partial charge in [-0.3, -0.25) is 4.79 Å². The maximum atomic E-state index is 13.4. The smallest absolute Gasteiger partial charge is 0.338 e. The van der Waals surface area contributed by atoms with Crippen LogP contribution >= 0.6 is 11.8 Å². The van der Waals surface area contributed by atoms with Gasteiger partial charge in [0, 0.05) is 5.75 Å². The molecule has 0 saturated carbocycles. The average Bonchev–Trinajstić information content (AvgIpc) is 2.25. The summed E-state index contributed by atoms with van der Waals surface area (Å²) in [6, 6.07) is 3.93. The Kier molecular flexibility index (Phi) is 5.56. The maximum Gasteiger partial charge on any atom is 0.338 e.